The zero-order valence-electron chi connectivity index (χ0n) is 15.8. The Hall–Kier alpha value is -2.09. The molecule has 3 aromatic heterocycles. The maximum atomic E-state index is 12.7. The smallest absolute Gasteiger partial charge is 0.234 e. The second kappa shape index (κ2) is 9.21. The number of nitrogens with zero attached hydrogens (tertiary/aromatic N) is 3. The van der Waals surface area contributed by atoms with Crippen molar-refractivity contribution >= 4 is 28.6 Å². The van der Waals surface area contributed by atoms with E-state index in [1.807, 2.05) is 37.1 Å². The number of likely N-dealkylation sites (N-methyl/N-ethyl adjacent to an activating group) is 1. The largest absolute Gasteiger partial charge is 0.345 e. The summed E-state index contributed by atoms with van der Waals surface area (Å²) in [6, 6.07) is 7.82. The molecule has 0 radical (unpaired) electrons. The van der Waals surface area contributed by atoms with E-state index in [1.165, 1.54) is 10.4 Å². The number of aromatic nitrogens is 2. The molecule has 0 aromatic carbocycles. The van der Waals surface area contributed by atoms with Crippen LogP contribution in [0.5, 0.6) is 0 Å². The number of hydrogen-bond acceptors (Lipinski definition) is 6. The monoisotopic (exact) mass is 400 g/mol. The first kappa shape index (κ1) is 19.7. The molecule has 142 valence electrons. The molecule has 27 heavy (non-hydrogen) atoms. The zero-order chi connectivity index (χ0) is 19.2. The van der Waals surface area contributed by atoms with Crippen LogP contribution < -0.4 is 5.32 Å². The van der Waals surface area contributed by atoms with E-state index in [-0.39, 0.29) is 11.9 Å². The maximum absolute atomic E-state index is 12.7. The first-order chi connectivity index (χ1) is 13.0. The van der Waals surface area contributed by atoms with Gasteiger partial charge in [-0.3, -0.25) is 14.7 Å². The van der Waals surface area contributed by atoms with Crippen molar-refractivity contribution in [2.75, 3.05) is 13.6 Å². The lowest BCUT2D eigenvalue weighted by Crippen LogP contribution is -2.37. The highest BCUT2D eigenvalue weighted by atomic mass is 32.1. The van der Waals surface area contributed by atoms with E-state index in [1.54, 1.807) is 28.9 Å². The Kier molecular flexibility index (Phi) is 6.71. The van der Waals surface area contributed by atoms with E-state index in [0.29, 0.717) is 13.1 Å². The van der Waals surface area contributed by atoms with Gasteiger partial charge in [0, 0.05) is 24.0 Å². The van der Waals surface area contributed by atoms with Crippen molar-refractivity contribution in [2.24, 2.45) is 0 Å². The van der Waals surface area contributed by atoms with E-state index < -0.39 is 0 Å². The predicted molar refractivity (Wildman–Crippen MR) is 111 cm³/mol. The second-order valence-electron chi connectivity index (χ2n) is 6.64. The van der Waals surface area contributed by atoms with Crippen molar-refractivity contribution in [1.82, 2.24) is 20.2 Å². The summed E-state index contributed by atoms with van der Waals surface area (Å²) in [6.07, 6.45) is 2.53. The van der Waals surface area contributed by atoms with Crippen LogP contribution in [0.1, 0.15) is 32.9 Å². The number of hydrogen-bond donors (Lipinski definition) is 1. The highest BCUT2D eigenvalue weighted by Crippen LogP contribution is 2.26. The molecular formula is C20H24N4OS2. The lowest BCUT2D eigenvalue weighted by Gasteiger charge is -2.20. The topological polar surface area (TPSA) is 58.1 Å². The number of pyridine rings is 1. The Labute approximate surface area is 168 Å². The van der Waals surface area contributed by atoms with Crippen molar-refractivity contribution in [3.05, 3.63) is 68.1 Å². The molecule has 3 aromatic rings. The van der Waals surface area contributed by atoms with Crippen molar-refractivity contribution in [1.29, 1.82) is 0 Å². The minimum atomic E-state index is -0.104. The summed E-state index contributed by atoms with van der Waals surface area (Å²) in [5.74, 6) is -0.000771. The highest BCUT2D eigenvalue weighted by Gasteiger charge is 2.20. The Morgan fingerprint density at radius 2 is 2.15 bits per heavy atom. The third-order valence-corrected chi connectivity index (χ3v) is 6.19. The average molecular weight is 401 g/mol. The van der Waals surface area contributed by atoms with E-state index in [4.69, 9.17) is 0 Å². The molecule has 3 rings (SSSR count). The van der Waals surface area contributed by atoms with Crippen molar-refractivity contribution in [2.45, 2.75) is 32.9 Å². The fourth-order valence-electron chi connectivity index (χ4n) is 2.80. The Morgan fingerprint density at radius 1 is 1.30 bits per heavy atom. The van der Waals surface area contributed by atoms with Crippen LogP contribution in [0.25, 0.3) is 0 Å². The summed E-state index contributed by atoms with van der Waals surface area (Å²) < 4.78 is 0. The normalized spacial score (nSPS) is 12.3. The number of carbonyl (C=O) groups is 1. The molecule has 0 saturated heterocycles. The quantitative estimate of drug-likeness (QED) is 0.626. The molecule has 0 bridgehead atoms. The van der Waals surface area contributed by atoms with E-state index >= 15 is 0 Å². The molecule has 1 amide bonds. The first-order valence-corrected chi connectivity index (χ1v) is 10.6. The molecule has 0 unspecified atom stereocenters. The van der Waals surface area contributed by atoms with Gasteiger partial charge in [-0.25, -0.2) is 4.98 Å². The zero-order valence-corrected chi connectivity index (χ0v) is 17.4. The van der Waals surface area contributed by atoms with Gasteiger partial charge in [0.1, 0.15) is 5.01 Å². The first-order valence-electron chi connectivity index (χ1n) is 8.84. The van der Waals surface area contributed by atoms with Gasteiger partial charge in [0.2, 0.25) is 5.91 Å². The van der Waals surface area contributed by atoms with Gasteiger partial charge in [0.15, 0.2) is 0 Å². The Bertz CT molecular complexity index is 842. The number of amides is 1. The summed E-state index contributed by atoms with van der Waals surface area (Å²) in [4.78, 5) is 24.8. The molecule has 1 N–H and O–H groups in total. The van der Waals surface area contributed by atoms with E-state index in [0.717, 1.165) is 22.8 Å². The molecule has 0 saturated carbocycles. The van der Waals surface area contributed by atoms with Crippen LogP contribution in [0.3, 0.4) is 0 Å². The number of carbonyl (C=O) groups excluding carboxylic acids is 1. The van der Waals surface area contributed by atoms with E-state index in [2.05, 4.69) is 39.0 Å². The van der Waals surface area contributed by atoms with Crippen LogP contribution in [0, 0.1) is 13.8 Å². The van der Waals surface area contributed by atoms with Crippen LogP contribution in [0.15, 0.2) is 41.2 Å². The molecule has 7 heteroatoms. The van der Waals surface area contributed by atoms with Gasteiger partial charge < -0.3 is 5.32 Å². The summed E-state index contributed by atoms with van der Waals surface area (Å²) in [5, 5.41) is 8.34. The van der Waals surface area contributed by atoms with E-state index in [9.17, 15) is 4.79 Å². The van der Waals surface area contributed by atoms with Crippen molar-refractivity contribution in [3.63, 3.8) is 0 Å². The highest BCUT2D eigenvalue weighted by molar-refractivity contribution is 7.11. The minimum absolute atomic E-state index is 0.000771. The summed E-state index contributed by atoms with van der Waals surface area (Å²) in [5.41, 5.74) is 3.21. The third kappa shape index (κ3) is 5.69. The number of thiazole rings is 1. The van der Waals surface area contributed by atoms with Crippen LogP contribution in [-0.4, -0.2) is 34.4 Å². The molecule has 0 aliphatic rings. The maximum Gasteiger partial charge on any atom is 0.234 e. The Morgan fingerprint density at radius 3 is 2.78 bits per heavy atom. The third-order valence-electron chi connectivity index (χ3n) is 4.27. The van der Waals surface area contributed by atoms with Gasteiger partial charge >= 0.3 is 0 Å². The van der Waals surface area contributed by atoms with Crippen LogP contribution >= 0.6 is 22.7 Å². The SMILES string of the molecule is Cc1nc([C@H](Cc2ccsc2)NC(=O)CN(C)Cc2ccccn2)sc1C. The van der Waals surface area contributed by atoms with Gasteiger partial charge in [-0.15, -0.1) is 11.3 Å². The van der Waals surface area contributed by atoms with Crippen LogP contribution in [-0.2, 0) is 17.8 Å². The molecule has 0 aliphatic carbocycles. The van der Waals surface area contributed by atoms with Gasteiger partial charge in [0.25, 0.3) is 0 Å². The number of rotatable bonds is 8. The molecule has 0 fully saturated rings. The minimum Gasteiger partial charge on any atom is -0.345 e. The number of nitrogens with one attached hydrogen (secondary N) is 1. The van der Waals surface area contributed by atoms with Gasteiger partial charge in [-0.2, -0.15) is 11.3 Å². The summed E-state index contributed by atoms with van der Waals surface area (Å²) in [7, 11) is 1.93. The lowest BCUT2D eigenvalue weighted by atomic mass is 10.1. The summed E-state index contributed by atoms with van der Waals surface area (Å²) in [6.45, 7) is 5.04. The fraction of sp³-hybridized carbons (Fsp3) is 0.350. The lowest BCUT2D eigenvalue weighted by molar-refractivity contribution is -0.122. The summed E-state index contributed by atoms with van der Waals surface area (Å²) >= 11 is 3.33. The Balaban J connectivity index is 1.64. The molecule has 3 heterocycles. The van der Waals surface area contributed by atoms with Gasteiger partial charge in [-0.1, -0.05) is 6.07 Å². The molecule has 0 spiro atoms. The van der Waals surface area contributed by atoms with Crippen molar-refractivity contribution in [3.8, 4) is 0 Å². The molecular weight excluding hydrogens is 376 g/mol. The average Bonchev–Trinajstić information content (AvgIpc) is 3.25. The van der Waals surface area contributed by atoms with Gasteiger partial charge in [0.05, 0.1) is 24.0 Å². The molecule has 1 atom stereocenters. The molecule has 5 nitrogen and oxygen atoms in total. The molecule has 0 aliphatic heterocycles. The van der Waals surface area contributed by atoms with Crippen LogP contribution in [0.2, 0.25) is 0 Å². The standard InChI is InChI=1S/C20H24N4OS2/c1-14-15(2)27-20(22-14)18(10-16-7-9-26-13-16)23-19(25)12-24(3)11-17-6-4-5-8-21-17/h4-9,13,18H,10-12H2,1-3H3,(H,23,25)/t18-/m0/s1. The van der Waals surface area contributed by atoms with Crippen molar-refractivity contribution < 1.29 is 4.79 Å². The van der Waals surface area contributed by atoms with Crippen LogP contribution in [0.4, 0.5) is 0 Å². The number of thiophene rings is 1. The fourth-order valence-corrected chi connectivity index (χ4v) is 4.46. The predicted octanol–water partition coefficient (Wildman–Crippen LogP) is 3.75. The second-order valence-corrected chi connectivity index (χ2v) is 8.66. The van der Waals surface area contributed by atoms with Gasteiger partial charge in [-0.05, 0) is 55.4 Å². The number of aryl methyl sites for hydroxylation is 2.